The van der Waals surface area contributed by atoms with Crippen LogP contribution in [0.5, 0.6) is 17.2 Å². The lowest BCUT2D eigenvalue weighted by atomic mass is 10.0. The number of nitrogens with zero attached hydrogens (tertiary/aromatic N) is 2. The van der Waals surface area contributed by atoms with E-state index in [4.69, 9.17) is 9.47 Å². The third-order valence-electron chi connectivity index (χ3n) is 4.35. The van der Waals surface area contributed by atoms with Gasteiger partial charge in [0.15, 0.2) is 11.5 Å². The van der Waals surface area contributed by atoms with Crippen LogP contribution in [0.3, 0.4) is 0 Å². The summed E-state index contributed by atoms with van der Waals surface area (Å²) in [5.41, 5.74) is 2.18. The Morgan fingerprint density at radius 3 is 2.38 bits per heavy atom. The minimum Gasteiger partial charge on any atom is -0.502 e. The highest BCUT2D eigenvalue weighted by Crippen LogP contribution is 2.33. The molecular weight excluding hydrogens is 372 g/mol. The molecule has 0 atom stereocenters. The molecule has 3 aromatic carbocycles. The van der Waals surface area contributed by atoms with Crippen molar-refractivity contribution in [3.8, 4) is 17.2 Å². The molecule has 3 rings (SSSR count). The number of rotatable bonds is 7. The molecule has 0 aliphatic heterocycles. The van der Waals surface area contributed by atoms with E-state index in [9.17, 15) is 15.2 Å². The Kier molecular flexibility index (Phi) is 6.09. The van der Waals surface area contributed by atoms with Gasteiger partial charge in [0.2, 0.25) is 5.75 Å². The SMILES string of the molecule is COc1ccc(N=Cc2cc(Cc3ccccc3)cc([N+](=O)[O-])c2O)cc1OC. The van der Waals surface area contributed by atoms with Crippen LogP contribution in [0.2, 0.25) is 0 Å². The molecule has 0 radical (unpaired) electrons. The molecule has 0 heterocycles. The molecule has 29 heavy (non-hydrogen) atoms. The van der Waals surface area contributed by atoms with Crippen molar-refractivity contribution in [2.24, 2.45) is 4.99 Å². The summed E-state index contributed by atoms with van der Waals surface area (Å²) in [7, 11) is 3.06. The number of hydrogen-bond acceptors (Lipinski definition) is 6. The Balaban J connectivity index is 1.97. The minimum atomic E-state index is -0.600. The molecule has 0 fully saturated rings. The van der Waals surface area contributed by atoms with E-state index in [2.05, 4.69) is 4.99 Å². The maximum absolute atomic E-state index is 11.4. The van der Waals surface area contributed by atoms with Gasteiger partial charge >= 0.3 is 5.69 Å². The molecule has 0 bridgehead atoms. The summed E-state index contributed by atoms with van der Waals surface area (Å²) >= 11 is 0. The van der Waals surface area contributed by atoms with Crippen LogP contribution in [0, 0.1) is 10.1 Å². The Hall–Kier alpha value is -3.87. The molecule has 148 valence electrons. The van der Waals surface area contributed by atoms with E-state index in [0.717, 1.165) is 5.56 Å². The van der Waals surface area contributed by atoms with Gasteiger partial charge in [-0.2, -0.15) is 0 Å². The standard InChI is InChI=1S/C22H20N2O5/c1-28-20-9-8-18(13-21(20)29-2)23-14-17-11-16(10-15-6-4-3-5-7-15)12-19(22(17)25)24(26)27/h3-9,11-14,25H,10H2,1-2H3. The molecule has 0 aliphatic carbocycles. The summed E-state index contributed by atoms with van der Waals surface area (Å²) in [6.45, 7) is 0. The van der Waals surface area contributed by atoms with Crippen LogP contribution in [0.4, 0.5) is 11.4 Å². The average molecular weight is 392 g/mol. The van der Waals surface area contributed by atoms with E-state index in [1.54, 1.807) is 24.3 Å². The first kappa shape index (κ1) is 19.9. The highest BCUT2D eigenvalue weighted by molar-refractivity contribution is 5.88. The van der Waals surface area contributed by atoms with Crippen LogP contribution in [0.25, 0.3) is 0 Å². The molecule has 0 saturated heterocycles. The molecule has 0 spiro atoms. The van der Waals surface area contributed by atoms with Crippen LogP contribution >= 0.6 is 0 Å². The van der Waals surface area contributed by atoms with Crippen molar-refractivity contribution in [3.63, 3.8) is 0 Å². The second-order valence-corrected chi connectivity index (χ2v) is 6.27. The predicted molar refractivity (Wildman–Crippen MR) is 111 cm³/mol. The summed E-state index contributed by atoms with van der Waals surface area (Å²) in [4.78, 5) is 15.1. The molecule has 7 nitrogen and oxygen atoms in total. The number of phenols is 1. The highest BCUT2D eigenvalue weighted by atomic mass is 16.6. The van der Waals surface area contributed by atoms with Crippen LogP contribution in [-0.2, 0) is 6.42 Å². The van der Waals surface area contributed by atoms with E-state index in [0.29, 0.717) is 29.2 Å². The first-order valence-electron chi connectivity index (χ1n) is 8.82. The van der Waals surface area contributed by atoms with Gasteiger partial charge in [0.1, 0.15) is 0 Å². The summed E-state index contributed by atoms with van der Waals surface area (Å²) in [6, 6.07) is 17.8. The summed E-state index contributed by atoms with van der Waals surface area (Å²) in [6.07, 6.45) is 1.90. The van der Waals surface area contributed by atoms with E-state index >= 15 is 0 Å². The maximum atomic E-state index is 11.4. The average Bonchev–Trinajstić information content (AvgIpc) is 2.74. The number of phenolic OH excluding ortho intramolecular Hbond substituents is 1. The van der Waals surface area contributed by atoms with Gasteiger partial charge in [0.25, 0.3) is 0 Å². The monoisotopic (exact) mass is 392 g/mol. The lowest BCUT2D eigenvalue weighted by molar-refractivity contribution is -0.385. The van der Waals surface area contributed by atoms with Crippen molar-refractivity contribution < 1.29 is 19.5 Å². The summed E-state index contributed by atoms with van der Waals surface area (Å²) in [5.74, 6) is 0.654. The van der Waals surface area contributed by atoms with Gasteiger partial charge in [-0.05, 0) is 35.7 Å². The molecule has 0 unspecified atom stereocenters. The van der Waals surface area contributed by atoms with Crippen LogP contribution in [-0.4, -0.2) is 30.5 Å². The highest BCUT2D eigenvalue weighted by Gasteiger charge is 2.18. The lowest BCUT2D eigenvalue weighted by Crippen LogP contribution is -1.97. The molecule has 0 amide bonds. The molecule has 0 aliphatic rings. The van der Waals surface area contributed by atoms with Crippen molar-refractivity contribution in [2.45, 2.75) is 6.42 Å². The van der Waals surface area contributed by atoms with E-state index in [-0.39, 0.29) is 11.3 Å². The minimum absolute atomic E-state index is 0.264. The zero-order valence-electron chi connectivity index (χ0n) is 16.0. The second-order valence-electron chi connectivity index (χ2n) is 6.27. The van der Waals surface area contributed by atoms with E-state index in [1.165, 1.54) is 26.5 Å². The fourth-order valence-corrected chi connectivity index (χ4v) is 2.92. The third kappa shape index (κ3) is 4.70. The van der Waals surface area contributed by atoms with Gasteiger partial charge in [0.05, 0.1) is 24.8 Å². The van der Waals surface area contributed by atoms with Crippen LogP contribution < -0.4 is 9.47 Å². The predicted octanol–water partition coefficient (Wildman–Crippen LogP) is 4.66. The van der Waals surface area contributed by atoms with Gasteiger partial charge in [0, 0.05) is 23.9 Å². The van der Waals surface area contributed by atoms with Crippen molar-refractivity contribution in [3.05, 3.63) is 87.5 Å². The molecule has 3 aromatic rings. The number of benzene rings is 3. The zero-order chi connectivity index (χ0) is 20.8. The largest absolute Gasteiger partial charge is 0.502 e. The number of ether oxygens (including phenoxy) is 2. The lowest BCUT2D eigenvalue weighted by Gasteiger charge is -2.08. The third-order valence-corrected chi connectivity index (χ3v) is 4.35. The Bertz CT molecular complexity index is 1050. The Labute approximate surface area is 168 Å². The number of nitro benzene ring substituents is 1. The molecule has 0 aromatic heterocycles. The van der Waals surface area contributed by atoms with E-state index < -0.39 is 10.7 Å². The second kappa shape index (κ2) is 8.88. The first-order chi connectivity index (χ1) is 14.0. The molecule has 0 saturated carbocycles. The number of aliphatic imine (C=N–C) groups is 1. The van der Waals surface area contributed by atoms with Gasteiger partial charge in [-0.3, -0.25) is 15.1 Å². The zero-order valence-corrected chi connectivity index (χ0v) is 16.0. The van der Waals surface area contributed by atoms with Crippen molar-refractivity contribution in [2.75, 3.05) is 14.2 Å². The summed E-state index contributed by atoms with van der Waals surface area (Å²) < 4.78 is 10.4. The van der Waals surface area contributed by atoms with Crippen molar-refractivity contribution >= 4 is 17.6 Å². The van der Waals surface area contributed by atoms with Crippen LogP contribution in [0.15, 0.2) is 65.7 Å². The first-order valence-corrected chi connectivity index (χ1v) is 8.82. The summed E-state index contributed by atoms with van der Waals surface area (Å²) in [5, 5.41) is 21.7. The van der Waals surface area contributed by atoms with Gasteiger partial charge in [-0.1, -0.05) is 30.3 Å². The fraction of sp³-hybridized carbons (Fsp3) is 0.136. The fourth-order valence-electron chi connectivity index (χ4n) is 2.92. The van der Waals surface area contributed by atoms with Gasteiger partial charge < -0.3 is 14.6 Å². The quantitative estimate of drug-likeness (QED) is 0.358. The maximum Gasteiger partial charge on any atom is 0.311 e. The Morgan fingerprint density at radius 1 is 1.00 bits per heavy atom. The smallest absolute Gasteiger partial charge is 0.311 e. The number of hydrogen-bond donors (Lipinski definition) is 1. The molecule has 1 N–H and O–H groups in total. The van der Waals surface area contributed by atoms with Gasteiger partial charge in [-0.25, -0.2) is 0 Å². The van der Waals surface area contributed by atoms with Crippen molar-refractivity contribution in [1.29, 1.82) is 0 Å². The number of methoxy groups -OCH3 is 2. The topological polar surface area (TPSA) is 94.2 Å². The van der Waals surface area contributed by atoms with Crippen molar-refractivity contribution in [1.82, 2.24) is 0 Å². The van der Waals surface area contributed by atoms with E-state index in [1.807, 2.05) is 30.3 Å². The molecule has 7 heteroatoms. The normalized spacial score (nSPS) is 10.8. The van der Waals surface area contributed by atoms with Crippen LogP contribution in [0.1, 0.15) is 16.7 Å². The number of aromatic hydroxyl groups is 1. The Morgan fingerprint density at radius 2 is 1.72 bits per heavy atom. The van der Waals surface area contributed by atoms with Gasteiger partial charge in [-0.15, -0.1) is 0 Å². The number of nitro groups is 1. The molecular formula is C22H20N2O5.